The molecule has 0 atom stereocenters. The normalized spacial score (nSPS) is 10.3. The summed E-state index contributed by atoms with van der Waals surface area (Å²) in [5.41, 5.74) is 1.18. The molecular formula is C14H20O2. The van der Waals surface area contributed by atoms with Gasteiger partial charge in [0, 0.05) is 11.1 Å². The number of hydrogen-bond donors (Lipinski definition) is 2. The van der Waals surface area contributed by atoms with E-state index < -0.39 is 0 Å². The SMILES string of the molecule is C=Cc1c(O)cccc1/C(O)=C\CC.CC. The van der Waals surface area contributed by atoms with Crippen molar-refractivity contribution < 1.29 is 10.2 Å². The maximum Gasteiger partial charge on any atom is 0.123 e. The zero-order valence-electron chi connectivity index (χ0n) is 10.2. The van der Waals surface area contributed by atoms with Crippen LogP contribution in [0.1, 0.15) is 38.3 Å². The summed E-state index contributed by atoms with van der Waals surface area (Å²) >= 11 is 0. The lowest BCUT2D eigenvalue weighted by Gasteiger charge is -2.06. The van der Waals surface area contributed by atoms with Gasteiger partial charge in [-0.25, -0.2) is 0 Å². The highest BCUT2D eigenvalue weighted by molar-refractivity contribution is 5.72. The summed E-state index contributed by atoms with van der Waals surface area (Å²) in [4.78, 5) is 0. The fourth-order valence-corrected chi connectivity index (χ4v) is 1.29. The van der Waals surface area contributed by atoms with Gasteiger partial charge in [0.1, 0.15) is 11.5 Å². The molecule has 0 aliphatic rings. The van der Waals surface area contributed by atoms with Crippen LogP contribution in [0.5, 0.6) is 5.75 Å². The van der Waals surface area contributed by atoms with E-state index in [1.54, 1.807) is 24.3 Å². The Bertz CT molecular complexity index is 365. The highest BCUT2D eigenvalue weighted by Gasteiger charge is 2.06. The van der Waals surface area contributed by atoms with Crippen LogP contribution < -0.4 is 0 Å². The summed E-state index contributed by atoms with van der Waals surface area (Å²) in [5, 5.41) is 19.2. The standard InChI is InChI=1S/C12H14O2.C2H6/c1-3-6-11(13)10-7-5-8-12(14)9(10)4-2;1-2/h4-8,13-14H,2-3H2,1H3;1-2H3/b11-6+;. The van der Waals surface area contributed by atoms with E-state index in [-0.39, 0.29) is 11.5 Å². The van der Waals surface area contributed by atoms with Crippen molar-refractivity contribution in [3.8, 4) is 5.75 Å². The highest BCUT2D eigenvalue weighted by atomic mass is 16.3. The van der Waals surface area contributed by atoms with Crippen molar-refractivity contribution in [1.82, 2.24) is 0 Å². The molecule has 1 aromatic rings. The number of rotatable bonds is 3. The number of hydrogen-bond acceptors (Lipinski definition) is 2. The number of phenolic OH excluding ortho intramolecular Hbond substituents is 1. The maximum atomic E-state index is 9.66. The third kappa shape index (κ3) is 3.46. The van der Waals surface area contributed by atoms with E-state index in [4.69, 9.17) is 0 Å². The number of aromatic hydroxyl groups is 1. The van der Waals surface area contributed by atoms with Gasteiger partial charge in [0.2, 0.25) is 0 Å². The molecule has 0 aromatic heterocycles. The Kier molecular flexibility index (Phi) is 6.77. The molecule has 2 N–H and O–H groups in total. The fourth-order valence-electron chi connectivity index (χ4n) is 1.29. The van der Waals surface area contributed by atoms with Crippen molar-refractivity contribution in [2.75, 3.05) is 0 Å². The van der Waals surface area contributed by atoms with Crippen LogP contribution in [0.4, 0.5) is 0 Å². The van der Waals surface area contributed by atoms with Gasteiger partial charge in [-0.1, -0.05) is 45.6 Å². The van der Waals surface area contributed by atoms with Crippen LogP contribution in [0, 0.1) is 0 Å². The van der Waals surface area contributed by atoms with Crippen LogP contribution in [0.25, 0.3) is 11.8 Å². The van der Waals surface area contributed by atoms with E-state index in [0.717, 1.165) is 6.42 Å². The van der Waals surface area contributed by atoms with Gasteiger partial charge in [0.15, 0.2) is 0 Å². The molecular weight excluding hydrogens is 200 g/mol. The van der Waals surface area contributed by atoms with Gasteiger partial charge >= 0.3 is 0 Å². The Morgan fingerprint density at radius 2 is 2.00 bits per heavy atom. The van der Waals surface area contributed by atoms with Gasteiger partial charge in [-0.05, 0) is 18.6 Å². The van der Waals surface area contributed by atoms with Gasteiger partial charge < -0.3 is 10.2 Å². The number of aliphatic hydroxyl groups is 1. The minimum Gasteiger partial charge on any atom is -0.508 e. The minimum absolute atomic E-state index is 0.133. The van der Waals surface area contributed by atoms with Crippen molar-refractivity contribution in [2.24, 2.45) is 0 Å². The zero-order chi connectivity index (χ0) is 12.6. The van der Waals surface area contributed by atoms with Gasteiger partial charge in [0.25, 0.3) is 0 Å². The summed E-state index contributed by atoms with van der Waals surface area (Å²) < 4.78 is 0. The molecule has 0 heterocycles. The summed E-state index contributed by atoms with van der Waals surface area (Å²) in [5.74, 6) is 0.312. The van der Waals surface area contributed by atoms with Crippen LogP contribution in [0.15, 0.2) is 30.9 Å². The molecule has 1 rings (SSSR count). The predicted molar refractivity (Wildman–Crippen MR) is 70.4 cm³/mol. The predicted octanol–water partition coefficient (Wildman–Crippen LogP) is 4.37. The van der Waals surface area contributed by atoms with Crippen molar-refractivity contribution in [3.63, 3.8) is 0 Å². The molecule has 0 fully saturated rings. The second kappa shape index (κ2) is 7.57. The summed E-state index contributed by atoms with van der Waals surface area (Å²) in [6.07, 6.45) is 3.98. The molecule has 2 nitrogen and oxygen atoms in total. The molecule has 0 spiro atoms. The van der Waals surface area contributed by atoms with Crippen molar-refractivity contribution in [2.45, 2.75) is 27.2 Å². The van der Waals surface area contributed by atoms with Gasteiger partial charge in [-0.3, -0.25) is 0 Å². The molecule has 0 amide bonds. The Balaban J connectivity index is 0.00000106. The lowest BCUT2D eigenvalue weighted by molar-refractivity contribution is 0.471. The Labute approximate surface area is 97.6 Å². The first-order valence-electron chi connectivity index (χ1n) is 5.54. The molecule has 2 heteroatoms. The first-order chi connectivity index (χ1) is 7.70. The molecule has 16 heavy (non-hydrogen) atoms. The highest BCUT2D eigenvalue weighted by Crippen LogP contribution is 2.26. The summed E-state index contributed by atoms with van der Waals surface area (Å²) in [6.45, 7) is 9.53. The van der Waals surface area contributed by atoms with Gasteiger partial charge in [-0.15, -0.1) is 0 Å². The lowest BCUT2D eigenvalue weighted by atomic mass is 10.0. The average Bonchev–Trinajstić information content (AvgIpc) is 2.31. The summed E-state index contributed by atoms with van der Waals surface area (Å²) in [6, 6.07) is 5.01. The van der Waals surface area contributed by atoms with Crippen LogP contribution >= 0.6 is 0 Å². The Morgan fingerprint density at radius 3 is 2.50 bits per heavy atom. The Hall–Kier alpha value is -1.70. The van der Waals surface area contributed by atoms with Crippen molar-refractivity contribution in [1.29, 1.82) is 0 Å². The van der Waals surface area contributed by atoms with Gasteiger partial charge in [-0.2, -0.15) is 0 Å². The largest absolute Gasteiger partial charge is 0.508 e. The van der Waals surface area contributed by atoms with E-state index in [1.807, 2.05) is 20.8 Å². The van der Waals surface area contributed by atoms with E-state index >= 15 is 0 Å². The first kappa shape index (κ1) is 14.3. The molecule has 0 aliphatic carbocycles. The Morgan fingerprint density at radius 1 is 1.38 bits per heavy atom. The number of aliphatic hydroxyl groups excluding tert-OH is 1. The fraction of sp³-hybridized carbons (Fsp3) is 0.286. The van der Waals surface area contributed by atoms with E-state index in [2.05, 4.69) is 6.58 Å². The van der Waals surface area contributed by atoms with E-state index in [0.29, 0.717) is 11.1 Å². The van der Waals surface area contributed by atoms with Crippen LogP contribution in [0.2, 0.25) is 0 Å². The molecule has 0 saturated carbocycles. The van der Waals surface area contributed by atoms with E-state index in [9.17, 15) is 10.2 Å². The van der Waals surface area contributed by atoms with Crippen LogP contribution in [-0.2, 0) is 0 Å². The van der Waals surface area contributed by atoms with Crippen LogP contribution in [-0.4, -0.2) is 10.2 Å². The molecule has 0 bridgehead atoms. The quantitative estimate of drug-likeness (QED) is 0.742. The molecule has 0 aliphatic heterocycles. The average molecular weight is 220 g/mol. The van der Waals surface area contributed by atoms with E-state index in [1.165, 1.54) is 6.08 Å². The minimum atomic E-state index is 0.133. The zero-order valence-corrected chi connectivity index (χ0v) is 10.2. The smallest absolute Gasteiger partial charge is 0.123 e. The second-order valence-corrected chi connectivity index (χ2v) is 2.94. The topological polar surface area (TPSA) is 40.5 Å². The molecule has 1 aromatic carbocycles. The van der Waals surface area contributed by atoms with Crippen molar-refractivity contribution >= 4 is 11.8 Å². The molecule has 0 unspecified atom stereocenters. The first-order valence-corrected chi connectivity index (χ1v) is 5.54. The van der Waals surface area contributed by atoms with Crippen molar-refractivity contribution in [3.05, 3.63) is 42.0 Å². The third-order valence-electron chi connectivity index (χ3n) is 1.96. The molecule has 0 saturated heterocycles. The number of phenols is 1. The van der Waals surface area contributed by atoms with Gasteiger partial charge in [0.05, 0.1) is 0 Å². The monoisotopic (exact) mass is 220 g/mol. The maximum absolute atomic E-state index is 9.66. The second-order valence-electron chi connectivity index (χ2n) is 2.94. The molecule has 88 valence electrons. The third-order valence-corrected chi connectivity index (χ3v) is 1.96. The molecule has 0 radical (unpaired) electrons. The number of benzene rings is 1. The summed E-state index contributed by atoms with van der Waals surface area (Å²) in [7, 11) is 0. The number of allylic oxidation sites excluding steroid dienone is 1. The van der Waals surface area contributed by atoms with Crippen LogP contribution in [0.3, 0.4) is 0 Å². The lowest BCUT2D eigenvalue weighted by Crippen LogP contribution is -1.88.